The Morgan fingerprint density at radius 3 is 1.46 bits per heavy atom. The fourth-order valence-electron chi connectivity index (χ4n) is 7.08. The van der Waals surface area contributed by atoms with E-state index in [0.29, 0.717) is 0 Å². The average Bonchev–Trinajstić information content (AvgIpc) is 3.35. The fourth-order valence-corrected chi connectivity index (χ4v) is 7.08. The van der Waals surface area contributed by atoms with Crippen LogP contribution in [0, 0.1) is 0 Å². The van der Waals surface area contributed by atoms with Crippen molar-refractivity contribution in [2.24, 2.45) is 0 Å². The van der Waals surface area contributed by atoms with Crippen molar-refractivity contribution < 1.29 is 0 Å². The van der Waals surface area contributed by atoms with Crippen LogP contribution in [0.3, 0.4) is 0 Å². The van der Waals surface area contributed by atoms with Crippen molar-refractivity contribution in [2.75, 3.05) is 4.90 Å². The molecule has 0 unspecified atom stereocenters. The quantitative estimate of drug-likeness (QED) is 0.186. The highest BCUT2D eigenvalue weighted by Crippen LogP contribution is 2.49. The molecule has 0 saturated heterocycles. The van der Waals surface area contributed by atoms with Crippen LogP contribution in [0.15, 0.2) is 176 Å². The minimum atomic E-state index is -0.0221. The van der Waals surface area contributed by atoms with Crippen LogP contribution in [0.2, 0.25) is 0 Å². The topological polar surface area (TPSA) is 3.24 Å². The van der Waals surface area contributed by atoms with E-state index in [9.17, 15) is 0 Å². The third kappa shape index (κ3) is 4.82. The van der Waals surface area contributed by atoms with Crippen molar-refractivity contribution in [2.45, 2.75) is 19.3 Å². The average molecular weight is 590 g/mol. The van der Waals surface area contributed by atoms with Gasteiger partial charge in [0.1, 0.15) is 0 Å². The molecule has 0 aliphatic heterocycles. The highest BCUT2D eigenvalue weighted by atomic mass is 15.1. The normalized spacial score (nSPS) is 12.7. The largest absolute Gasteiger partial charge is 0.310 e. The fraction of sp³-hybridized carbons (Fsp3) is 0.0667. The van der Waals surface area contributed by atoms with Gasteiger partial charge in [0, 0.05) is 22.4 Å². The van der Waals surface area contributed by atoms with E-state index >= 15 is 0 Å². The van der Waals surface area contributed by atoms with E-state index in [1.807, 2.05) is 0 Å². The summed E-state index contributed by atoms with van der Waals surface area (Å²) in [6.45, 7) is 4.69. The monoisotopic (exact) mass is 589 g/mol. The molecule has 7 aromatic carbocycles. The number of nitrogens with zero attached hydrogens (tertiary/aromatic N) is 1. The lowest BCUT2D eigenvalue weighted by molar-refractivity contribution is 0.660. The number of para-hydroxylation sites is 1. The van der Waals surface area contributed by atoms with E-state index in [1.165, 1.54) is 55.6 Å². The molecular weight excluding hydrogens is 555 g/mol. The van der Waals surface area contributed by atoms with E-state index in [0.717, 1.165) is 17.1 Å². The van der Waals surface area contributed by atoms with Gasteiger partial charge in [-0.15, -0.1) is 0 Å². The Morgan fingerprint density at radius 1 is 0.348 bits per heavy atom. The summed E-state index contributed by atoms with van der Waals surface area (Å²) in [7, 11) is 0. The Bertz CT molecular complexity index is 2140. The molecule has 1 nitrogen and oxygen atoms in total. The van der Waals surface area contributed by atoms with Gasteiger partial charge in [0.05, 0.1) is 5.69 Å². The molecule has 0 fully saturated rings. The van der Waals surface area contributed by atoms with Crippen LogP contribution in [-0.4, -0.2) is 0 Å². The summed E-state index contributed by atoms with van der Waals surface area (Å²) >= 11 is 0. The van der Waals surface area contributed by atoms with Gasteiger partial charge < -0.3 is 4.90 Å². The molecule has 0 radical (unpaired) electrons. The molecule has 0 heterocycles. The second-order valence-electron chi connectivity index (χ2n) is 12.6. The molecule has 0 saturated carbocycles. The van der Waals surface area contributed by atoms with Gasteiger partial charge in [-0.1, -0.05) is 153 Å². The van der Waals surface area contributed by atoms with Gasteiger partial charge in [0.2, 0.25) is 0 Å². The molecule has 1 aliphatic rings. The molecule has 0 amide bonds. The van der Waals surface area contributed by atoms with Crippen LogP contribution in [0.1, 0.15) is 25.0 Å². The van der Waals surface area contributed by atoms with Crippen molar-refractivity contribution in [3.8, 4) is 44.5 Å². The zero-order chi connectivity index (χ0) is 31.1. The van der Waals surface area contributed by atoms with Crippen molar-refractivity contribution in [1.82, 2.24) is 0 Å². The predicted molar refractivity (Wildman–Crippen MR) is 195 cm³/mol. The van der Waals surface area contributed by atoms with Crippen LogP contribution in [0.4, 0.5) is 17.1 Å². The maximum atomic E-state index is 2.40. The predicted octanol–water partition coefficient (Wildman–Crippen LogP) is 12.5. The summed E-state index contributed by atoms with van der Waals surface area (Å²) in [6.07, 6.45) is 0. The number of rotatable bonds is 6. The third-order valence-corrected chi connectivity index (χ3v) is 9.50. The van der Waals surface area contributed by atoms with Crippen molar-refractivity contribution in [3.05, 3.63) is 187 Å². The highest BCUT2D eigenvalue weighted by molar-refractivity contribution is 5.89. The Labute approximate surface area is 272 Å². The zero-order valence-electron chi connectivity index (χ0n) is 26.2. The minimum Gasteiger partial charge on any atom is -0.310 e. The molecule has 46 heavy (non-hydrogen) atoms. The lowest BCUT2D eigenvalue weighted by atomic mass is 9.81. The van der Waals surface area contributed by atoms with Gasteiger partial charge in [0.15, 0.2) is 0 Å². The third-order valence-electron chi connectivity index (χ3n) is 9.50. The number of fused-ring (bicyclic) bond motifs is 3. The molecule has 0 bridgehead atoms. The van der Waals surface area contributed by atoms with Gasteiger partial charge in [-0.2, -0.15) is 0 Å². The number of benzene rings is 7. The number of hydrogen-bond donors (Lipinski definition) is 0. The molecule has 1 aliphatic carbocycles. The smallest absolute Gasteiger partial charge is 0.0540 e. The first-order chi connectivity index (χ1) is 22.6. The van der Waals surface area contributed by atoms with Crippen LogP contribution < -0.4 is 4.90 Å². The van der Waals surface area contributed by atoms with Crippen LogP contribution in [0.5, 0.6) is 0 Å². The molecule has 8 rings (SSSR count). The first kappa shape index (κ1) is 27.9. The van der Waals surface area contributed by atoms with Crippen LogP contribution >= 0.6 is 0 Å². The summed E-state index contributed by atoms with van der Waals surface area (Å²) in [5.41, 5.74) is 16.1. The van der Waals surface area contributed by atoms with Crippen molar-refractivity contribution in [1.29, 1.82) is 0 Å². The SMILES string of the molecule is CC1(C)c2ccccc2-c2ccc(-c3ccc(N(c4ccc(-c5ccccc5)cc4)c4ccccc4-c4ccccc4)cc3)cc21. The van der Waals surface area contributed by atoms with Crippen molar-refractivity contribution in [3.63, 3.8) is 0 Å². The summed E-state index contributed by atoms with van der Waals surface area (Å²) in [4.78, 5) is 2.38. The van der Waals surface area contributed by atoms with Gasteiger partial charge >= 0.3 is 0 Å². The molecule has 220 valence electrons. The van der Waals surface area contributed by atoms with Gasteiger partial charge in [-0.05, 0) is 86.5 Å². The Morgan fingerprint density at radius 2 is 0.804 bits per heavy atom. The molecule has 0 spiro atoms. The second kappa shape index (κ2) is 11.4. The Balaban J connectivity index is 1.21. The number of hydrogen-bond acceptors (Lipinski definition) is 1. The van der Waals surface area contributed by atoms with E-state index in [2.05, 4.69) is 195 Å². The first-order valence-electron chi connectivity index (χ1n) is 16.0. The highest BCUT2D eigenvalue weighted by Gasteiger charge is 2.35. The van der Waals surface area contributed by atoms with Gasteiger partial charge in [-0.3, -0.25) is 0 Å². The molecule has 0 N–H and O–H groups in total. The van der Waals surface area contributed by atoms with Crippen molar-refractivity contribution >= 4 is 17.1 Å². The maximum Gasteiger partial charge on any atom is 0.0540 e. The lowest BCUT2D eigenvalue weighted by Gasteiger charge is -2.28. The molecule has 1 heteroatoms. The lowest BCUT2D eigenvalue weighted by Crippen LogP contribution is -2.14. The minimum absolute atomic E-state index is 0.0221. The zero-order valence-corrected chi connectivity index (χ0v) is 26.2. The summed E-state index contributed by atoms with van der Waals surface area (Å²) in [6, 6.07) is 63.7. The molecule has 7 aromatic rings. The van der Waals surface area contributed by atoms with E-state index in [-0.39, 0.29) is 5.41 Å². The maximum absolute atomic E-state index is 2.40. The Hall–Kier alpha value is -5.66. The summed E-state index contributed by atoms with van der Waals surface area (Å²) in [5, 5.41) is 0. The molecule has 0 aromatic heterocycles. The molecule has 0 atom stereocenters. The van der Waals surface area contributed by atoms with Gasteiger partial charge in [0.25, 0.3) is 0 Å². The van der Waals surface area contributed by atoms with Gasteiger partial charge in [-0.25, -0.2) is 0 Å². The van der Waals surface area contributed by atoms with E-state index < -0.39 is 0 Å². The summed E-state index contributed by atoms with van der Waals surface area (Å²) in [5.74, 6) is 0. The number of anilines is 3. The summed E-state index contributed by atoms with van der Waals surface area (Å²) < 4.78 is 0. The second-order valence-corrected chi connectivity index (χ2v) is 12.6. The Kier molecular flexibility index (Phi) is 6.88. The van der Waals surface area contributed by atoms with E-state index in [4.69, 9.17) is 0 Å². The molecular formula is C45H35N. The standard InChI is InChI=1S/C45H35N/c1-45(2)42-19-11-9-18-40(42)41-30-25-36(31-43(41)45)34-23-28-38(29-24-34)46(37-26-21-33(22-27-37)32-13-5-3-6-14-32)44-20-12-10-17-39(44)35-15-7-4-8-16-35/h3-31H,1-2H3. The first-order valence-corrected chi connectivity index (χ1v) is 16.0. The van der Waals surface area contributed by atoms with Crippen LogP contribution in [-0.2, 0) is 5.41 Å². The van der Waals surface area contributed by atoms with E-state index in [1.54, 1.807) is 0 Å². The van der Waals surface area contributed by atoms with Crippen LogP contribution in [0.25, 0.3) is 44.5 Å².